The first-order chi connectivity index (χ1) is 11.8. The number of rotatable bonds is 3. The number of nitrogens with zero attached hydrogens (tertiary/aromatic N) is 1. The molecule has 0 radical (unpaired) electrons. The first-order valence-electron chi connectivity index (χ1n) is 7.67. The van der Waals surface area contributed by atoms with Crippen molar-refractivity contribution in [3.05, 3.63) is 60.2 Å². The largest absolute Gasteiger partial charge is 0.406 e. The lowest BCUT2D eigenvalue weighted by molar-refractivity contribution is -0.134. The summed E-state index contributed by atoms with van der Waals surface area (Å²) in [6.45, 7) is -1.41. The normalized spacial score (nSPS) is 16.8. The van der Waals surface area contributed by atoms with Crippen molar-refractivity contribution in [1.29, 1.82) is 0 Å². The van der Waals surface area contributed by atoms with E-state index in [0.29, 0.717) is 16.2 Å². The Morgan fingerprint density at radius 2 is 1.72 bits per heavy atom. The van der Waals surface area contributed by atoms with E-state index in [1.807, 2.05) is 0 Å². The van der Waals surface area contributed by atoms with Crippen LogP contribution < -0.4 is 10.2 Å². The predicted molar refractivity (Wildman–Crippen MR) is 87.3 cm³/mol. The highest BCUT2D eigenvalue weighted by Gasteiger charge is 2.39. The summed E-state index contributed by atoms with van der Waals surface area (Å²) < 4.78 is 39.1. The molecule has 2 aromatic carbocycles. The van der Waals surface area contributed by atoms with Crippen LogP contribution in [0.25, 0.3) is 0 Å². The first-order valence-corrected chi connectivity index (χ1v) is 7.67. The Labute approximate surface area is 142 Å². The number of hydrogen-bond donors (Lipinski definition) is 1. The zero-order chi connectivity index (χ0) is 18.0. The molecule has 1 N–H and O–H groups in total. The number of anilines is 2. The highest BCUT2D eigenvalue weighted by Crippen LogP contribution is 2.35. The van der Waals surface area contributed by atoms with Crippen LogP contribution in [0.3, 0.4) is 0 Å². The summed E-state index contributed by atoms with van der Waals surface area (Å²) in [7, 11) is 0. The summed E-state index contributed by atoms with van der Waals surface area (Å²) in [6, 6.07) is 14.3. The van der Waals surface area contributed by atoms with Gasteiger partial charge in [0.15, 0.2) is 0 Å². The van der Waals surface area contributed by atoms with Gasteiger partial charge in [0, 0.05) is 17.8 Å². The Bertz CT molecular complexity index is 790. The molecular formula is C18H15F3N2O2. The molecule has 0 bridgehead atoms. The molecule has 1 atom stereocenters. The minimum Gasteiger partial charge on any atom is -0.326 e. The van der Waals surface area contributed by atoms with Gasteiger partial charge in [-0.1, -0.05) is 36.4 Å². The monoisotopic (exact) mass is 348 g/mol. The Balaban J connectivity index is 1.99. The fraction of sp³-hybridized carbons (Fsp3) is 0.222. The molecule has 3 rings (SSSR count). The second-order valence-corrected chi connectivity index (χ2v) is 5.77. The number of halogens is 3. The van der Waals surface area contributed by atoms with Crippen LogP contribution in [-0.2, 0) is 9.59 Å². The molecule has 0 saturated heterocycles. The molecule has 130 valence electrons. The van der Waals surface area contributed by atoms with Gasteiger partial charge in [0.25, 0.3) is 0 Å². The number of amides is 2. The van der Waals surface area contributed by atoms with Crippen molar-refractivity contribution in [2.45, 2.75) is 18.5 Å². The molecule has 0 unspecified atom stereocenters. The fourth-order valence-electron chi connectivity index (χ4n) is 2.90. The van der Waals surface area contributed by atoms with Gasteiger partial charge in [-0.15, -0.1) is 0 Å². The molecule has 1 aliphatic rings. The first kappa shape index (κ1) is 17.0. The third kappa shape index (κ3) is 3.81. The van der Waals surface area contributed by atoms with Crippen molar-refractivity contribution in [2.24, 2.45) is 0 Å². The van der Waals surface area contributed by atoms with Crippen molar-refractivity contribution in [2.75, 3.05) is 16.8 Å². The van der Waals surface area contributed by atoms with Crippen LogP contribution in [0.4, 0.5) is 24.5 Å². The third-order valence-corrected chi connectivity index (χ3v) is 3.97. The fourth-order valence-corrected chi connectivity index (χ4v) is 2.90. The van der Waals surface area contributed by atoms with E-state index >= 15 is 0 Å². The van der Waals surface area contributed by atoms with E-state index in [1.54, 1.807) is 42.5 Å². The van der Waals surface area contributed by atoms with Crippen LogP contribution in [-0.4, -0.2) is 24.5 Å². The van der Waals surface area contributed by atoms with Gasteiger partial charge in [-0.25, -0.2) is 0 Å². The Hall–Kier alpha value is -2.83. The summed E-state index contributed by atoms with van der Waals surface area (Å²) in [5, 5.41) is 2.64. The molecule has 0 aromatic heterocycles. The van der Waals surface area contributed by atoms with E-state index in [0.717, 1.165) is 0 Å². The maximum absolute atomic E-state index is 13.0. The van der Waals surface area contributed by atoms with E-state index in [4.69, 9.17) is 0 Å². The number of para-hydroxylation sites is 2. The summed E-state index contributed by atoms with van der Waals surface area (Å²) in [5.41, 5.74) is 1.13. The number of alkyl halides is 3. The molecular weight excluding hydrogens is 333 g/mol. The SMILES string of the molecule is O=C1C[C@@H](C(=O)N(CC(F)(F)F)c2ccccc2)c2ccccc2N1. The molecule has 0 fully saturated rings. The van der Waals surface area contributed by atoms with Gasteiger partial charge in [0.05, 0.1) is 5.92 Å². The van der Waals surface area contributed by atoms with Gasteiger partial charge in [-0.05, 0) is 23.8 Å². The highest BCUT2D eigenvalue weighted by atomic mass is 19.4. The number of nitrogens with one attached hydrogen (secondary N) is 1. The molecule has 0 spiro atoms. The second-order valence-electron chi connectivity index (χ2n) is 5.77. The van der Waals surface area contributed by atoms with E-state index in [2.05, 4.69) is 5.32 Å². The van der Waals surface area contributed by atoms with E-state index < -0.39 is 30.5 Å². The highest BCUT2D eigenvalue weighted by molar-refractivity contribution is 6.06. The van der Waals surface area contributed by atoms with Crippen LogP contribution in [0.2, 0.25) is 0 Å². The zero-order valence-electron chi connectivity index (χ0n) is 13.1. The molecule has 2 aromatic rings. The van der Waals surface area contributed by atoms with Crippen molar-refractivity contribution >= 4 is 23.2 Å². The van der Waals surface area contributed by atoms with Crippen LogP contribution >= 0.6 is 0 Å². The van der Waals surface area contributed by atoms with Gasteiger partial charge in [-0.2, -0.15) is 13.2 Å². The Kier molecular flexibility index (Phi) is 4.48. The summed E-state index contributed by atoms with van der Waals surface area (Å²) >= 11 is 0. The van der Waals surface area contributed by atoms with E-state index in [-0.39, 0.29) is 12.1 Å². The van der Waals surface area contributed by atoms with Crippen LogP contribution in [0.1, 0.15) is 17.9 Å². The average molecular weight is 348 g/mol. The Morgan fingerprint density at radius 3 is 2.40 bits per heavy atom. The summed E-state index contributed by atoms with van der Waals surface area (Å²) in [4.78, 5) is 25.5. The minimum absolute atomic E-state index is 0.147. The molecule has 1 heterocycles. The van der Waals surface area contributed by atoms with Crippen molar-refractivity contribution < 1.29 is 22.8 Å². The lowest BCUT2D eigenvalue weighted by Crippen LogP contribution is -2.43. The zero-order valence-corrected chi connectivity index (χ0v) is 13.1. The molecule has 0 saturated carbocycles. The van der Waals surface area contributed by atoms with E-state index in [9.17, 15) is 22.8 Å². The number of carbonyl (C=O) groups excluding carboxylic acids is 2. The number of carbonyl (C=O) groups is 2. The Morgan fingerprint density at radius 1 is 1.08 bits per heavy atom. The van der Waals surface area contributed by atoms with Gasteiger partial charge in [0.1, 0.15) is 6.54 Å². The average Bonchev–Trinajstić information content (AvgIpc) is 2.58. The van der Waals surface area contributed by atoms with Crippen molar-refractivity contribution in [3.63, 3.8) is 0 Å². The van der Waals surface area contributed by atoms with Gasteiger partial charge in [0.2, 0.25) is 11.8 Å². The summed E-state index contributed by atoms with van der Waals surface area (Å²) in [6.07, 6.45) is -4.74. The van der Waals surface area contributed by atoms with Crippen LogP contribution in [0, 0.1) is 0 Å². The van der Waals surface area contributed by atoms with Crippen LogP contribution in [0.15, 0.2) is 54.6 Å². The number of benzene rings is 2. The number of hydrogen-bond acceptors (Lipinski definition) is 2. The maximum atomic E-state index is 13.0. The second kappa shape index (κ2) is 6.58. The molecule has 7 heteroatoms. The van der Waals surface area contributed by atoms with Crippen molar-refractivity contribution in [1.82, 2.24) is 0 Å². The third-order valence-electron chi connectivity index (χ3n) is 3.97. The number of fused-ring (bicyclic) bond motifs is 1. The molecule has 0 aliphatic carbocycles. The standard InChI is InChI=1S/C18H15F3N2O2/c19-18(20,21)11-23(12-6-2-1-3-7-12)17(25)14-10-16(24)22-15-9-5-4-8-13(14)15/h1-9,14H,10-11H2,(H,22,24)/t14-/m1/s1. The van der Waals surface area contributed by atoms with Gasteiger partial charge >= 0.3 is 6.18 Å². The van der Waals surface area contributed by atoms with Gasteiger partial charge in [-0.3, -0.25) is 9.59 Å². The maximum Gasteiger partial charge on any atom is 0.406 e. The van der Waals surface area contributed by atoms with Gasteiger partial charge < -0.3 is 10.2 Å². The van der Waals surface area contributed by atoms with E-state index in [1.165, 1.54) is 12.1 Å². The molecule has 1 aliphatic heterocycles. The topological polar surface area (TPSA) is 49.4 Å². The molecule has 25 heavy (non-hydrogen) atoms. The predicted octanol–water partition coefficient (Wildman–Crippen LogP) is 3.71. The quantitative estimate of drug-likeness (QED) is 0.919. The van der Waals surface area contributed by atoms with Crippen molar-refractivity contribution in [3.8, 4) is 0 Å². The molecule has 4 nitrogen and oxygen atoms in total. The lowest BCUT2D eigenvalue weighted by Gasteiger charge is -2.31. The summed E-state index contributed by atoms with van der Waals surface area (Å²) in [5.74, 6) is -2.09. The minimum atomic E-state index is -4.55. The molecule has 2 amide bonds. The smallest absolute Gasteiger partial charge is 0.326 e. The van der Waals surface area contributed by atoms with Crippen LogP contribution in [0.5, 0.6) is 0 Å². The lowest BCUT2D eigenvalue weighted by atomic mass is 9.89.